The van der Waals surface area contributed by atoms with Gasteiger partial charge in [-0.25, -0.2) is 0 Å². The Balaban J connectivity index is 1.71. The van der Waals surface area contributed by atoms with Crippen LogP contribution in [0.3, 0.4) is 0 Å². The van der Waals surface area contributed by atoms with E-state index in [2.05, 4.69) is 31.4 Å². The monoisotopic (exact) mass is 432 g/mol. The van der Waals surface area contributed by atoms with E-state index < -0.39 is 11.0 Å². The summed E-state index contributed by atoms with van der Waals surface area (Å²) < 4.78 is 3.97. The Labute approximate surface area is 163 Å². The van der Waals surface area contributed by atoms with E-state index in [9.17, 15) is 14.9 Å². The van der Waals surface area contributed by atoms with Gasteiger partial charge in [-0.05, 0) is 47.5 Å². The predicted octanol–water partition coefficient (Wildman–Crippen LogP) is 3.31. The summed E-state index contributed by atoms with van der Waals surface area (Å²) in [5.41, 5.74) is 1.77. The van der Waals surface area contributed by atoms with E-state index in [1.54, 1.807) is 23.9 Å². The summed E-state index contributed by atoms with van der Waals surface area (Å²) in [6.07, 6.45) is 4.84. The Bertz CT molecular complexity index is 996. The molecule has 1 amide bonds. The van der Waals surface area contributed by atoms with Crippen molar-refractivity contribution in [2.75, 3.05) is 5.32 Å². The molecule has 0 bridgehead atoms. The van der Waals surface area contributed by atoms with Crippen molar-refractivity contribution in [1.29, 1.82) is 0 Å². The third-order valence-corrected chi connectivity index (χ3v) is 4.41. The lowest BCUT2D eigenvalue weighted by Crippen LogP contribution is -2.24. The van der Waals surface area contributed by atoms with E-state index in [1.807, 2.05) is 24.4 Å². The molecule has 0 radical (unpaired) electrons. The highest BCUT2D eigenvalue weighted by Crippen LogP contribution is 2.20. The fourth-order valence-electron chi connectivity index (χ4n) is 2.58. The summed E-state index contributed by atoms with van der Waals surface area (Å²) in [6, 6.07) is 6.73. The molecule has 1 atom stereocenters. The third kappa shape index (κ3) is 4.40. The predicted molar refractivity (Wildman–Crippen MR) is 102 cm³/mol. The van der Waals surface area contributed by atoms with Crippen LogP contribution in [0, 0.1) is 17.0 Å². The number of carbonyl (C=O) groups excluding carboxylic acids is 1. The SMILES string of the molecule is Cc1nn(C(C)C(=O)Nc2cccc(Cn3cc(Br)cn3)c2)cc1[N+](=O)[O-]. The van der Waals surface area contributed by atoms with Gasteiger partial charge in [0.2, 0.25) is 5.91 Å². The zero-order chi connectivity index (χ0) is 19.6. The molecule has 0 aliphatic carbocycles. The van der Waals surface area contributed by atoms with Crippen molar-refractivity contribution < 1.29 is 9.72 Å². The van der Waals surface area contributed by atoms with Gasteiger partial charge in [-0.3, -0.25) is 24.3 Å². The maximum absolute atomic E-state index is 12.5. The number of rotatable bonds is 6. The Morgan fingerprint density at radius 1 is 1.41 bits per heavy atom. The zero-order valence-electron chi connectivity index (χ0n) is 14.7. The molecule has 2 aromatic heterocycles. The smallest absolute Gasteiger partial charge is 0.309 e. The zero-order valence-corrected chi connectivity index (χ0v) is 16.3. The minimum absolute atomic E-state index is 0.109. The van der Waals surface area contributed by atoms with Crippen LogP contribution in [-0.4, -0.2) is 30.4 Å². The number of nitrogens with one attached hydrogen (secondary N) is 1. The van der Waals surface area contributed by atoms with Gasteiger partial charge < -0.3 is 5.32 Å². The van der Waals surface area contributed by atoms with E-state index >= 15 is 0 Å². The molecule has 3 aromatic rings. The van der Waals surface area contributed by atoms with Crippen molar-refractivity contribution in [3.63, 3.8) is 0 Å². The van der Waals surface area contributed by atoms with Gasteiger partial charge in [0.1, 0.15) is 17.9 Å². The normalized spacial score (nSPS) is 12.0. The van der Waals surface area contributed by atoms with Crippen molar-refractivity contribution >= 4 is 33.2 Å². The second-order valence-corrected chi connectivity index (χ2v) is 6.97. The molecule has 0 spiro atoms. The number of benzene rings is 1. The Morgan fingerprint density at radius 3 is 2.81 bits per heavy atom. The molecule has 3 rings (SSSR count). The highest BCUT2D eigenvalue weighted by molar-refractivity contribution is 9.10. The standard InChI is InChI=1S/C17H17BrN6O3/c1-11-16(24(26)27)10-23(21-11)12(2)17(25)20-15-5-3-4-13(6-15)8-22-9-14(18)7-19-22/h3-7,9-10,12H,8H2,1-2H3,(H,20,25). The first-order chi connectivity index (χ1) is 12.8. The van der Waals surface area contributed by atoms with Gasteiger partial charge >= 0.3 is 5.69 Å². The molecule has 9 nitrogen and oxygen atoms in total. The summed E-state index contributed by atoms with van der Waals surface area (Å²) in [5, 5.41) is 22.0. The summed E-state index contributed by atoms with van der Waals surface area (Å²) in [4.78, 5) is 22.9. The van der Waals surface area contributed by atoms with Crippen molar-refractivity contribution in [3.8, 4) is 0 Å². The van der Waals surface area contributed by atoms with Crippen LogP contribution in [0.15, 0.2) is 47.3 Å². The molecule has 0 saturated carbocycles. The topological polar surface area (TPSA) is 108 Å². The lowest BCUT2D eigenvalue weighted by atomic mass is 10.2. The molecule has 1 aromatic carbocycles. The van der Waals surface area contributed by atoms with Crippen LogP contribution in [0.4, 0.5) is 11.4 Å². The maximum atomic E-state index is 12.5. The number of hydrogen-bond acceptors (Lipinski definition) is 5. The first-order valence-corrected chi connectivity index (χ1v) is 8.90. The lowest BCUT2D eigenvalue weighted by molar-refractivity contribution is -0.385. The summed E-state index contributed by atoms with van der Waals surface area (Å²) in [6.45, 7) is 3.74. The Morgan fingerprint density at radius 2 is 2.19 bits per heavy atom. The molecule has 0 saturated heterocycles. The summed E-state index contributed by atoms with van der Waals surface area (Å²) in [5.74, 6) is -0.314. The van der Waals surface area contributed by atoms with Gasteiger partial charge in [-0.2, -0.15) is 10.2 Å². The molecule has 2 heterocycles. The van der Waals surface area contributed by atoms with Gasteiger partial charge in [0.25, 0.3) is 0 Å². The fraction of sp³-hybridized carbons (Fsp3) is 0.235. The first kappa shape index (κ1) is 18.8. The number of amides is 1. The number of nitro groups is 1. The van der Waals surface area contributed by atoms with Crippen molar-refractivity contribution in [2.24, 2.45) is 0 Å². The van der Waals surface area contributed by atoms with Crippen LogP contribution in [0.2, 0.25) is 0 Å². The second kappa shape index (κ2) is 7.70. The van der Waals surface area contributed by atoms with E-state index in [4.69, 9.17) is 0 Å². The van der Waals surface area contributed by atoms with E-state index in [0.717, 1.165) is 10.0 Å². The Hall–Kier alpha value is -3.01. The minimum atomic E-state index is -0.692. The average molecular weight is 433 g/mol. The molecule has 0 aliphatic heterocycles. The quantitative estimate of drug-likeness (QED) is 0.474. The molecule has 10 heteroatoms. The van der Waals surface area contributed by atoms with Gasteiger partial charge in [-0.15, -0.1) is 0 Å². The molecule has 1 unspecified atom stereocenters. The lowest BCUT2D eigenvalue weighted by Gasteiger charge is -2.13. The van der Waals surface area contributed by atoms with Gasteiger partial charge in [0, 0.05) is 11.9 Å². The molecular formula is C17H17BrN6O3. The number of anilines is 1. The largest absolute Gasteiger partial charge is 0.324 e. The van der Waals surface area contributed by atoms with Crippen LogP contribution < -0.4 is 5.32 Å². The number of carbonyl (C=O) groups is 1. The second-order valence-electron chi connectivity index (χ2n) is 6.06. The van der Waals surface area contributed by atoms with Gasteiger partial charge in [0.05, 0.1) is 22.1 Å². The van der Waals surface area contributed by atoms with Crippen molar-refractivity contribution in [2.45, 2.75) is 26.4 Å². The van der Waals surface area contributed by atoms with E-state index in [0.29, 0.717) is 12.2 Å². The number of aryl methyl sites for hydroxylation is 1. The number of halogens is 1. The number of hydrogen-bond donors (Lipinski definition) is 1. The third-order valence-electron chi connectivity index (χ3n) is 4.00. The fourth-order valence-corrected chi connectivity index (χ4v) is 2.90. The molecule has 140 valence electrons. The summed E-state index contributed by atoms with van der Waals surface area (Å²) >= 11 is 3.36. The van der Waals surface area contributed by atoms with Crippen molar-refractivity contribution in [1.82, 2.24) is 19.6 Å². The average Bonchev–Trinajstić information content (AvgIpc) is 3.20. The minimum Gasteiger partial charge on any atom is -0.324 e. The highest BCUT2D eigenvalue weighted by Gasteiger charge is 2.22. The van der Waals surface area contributed by atoms with Gasteiger partial charge in [-0.1, -0.05) is 12.1 Å². The van der Waals surface area contributed by atoms with Crippen LogP contribution >= 0.6 is 15.9 Å². The van der Waals surface area contributed by atoms with Crippen LogP contribution in [0.5, 0.6) is 0 Å². The van der Waals surface area contributed by atoms with Crippen molar-refractivity contribution in [3.05, 3.63) is 68.7 Å². The number of nitrogens with zero attached hydrogens (tertiary/aromatic N) is 5. The van der Waals surface area contributed by atoms with Crippen LogP contribution in [-0.2, 0) is 11.3 Å². The molecule has 1 N–H and O–H groups in total. The molecule has 0 aliphatic rings. The molecule has 27 heavy (non-hydrogen) atoms. The van der Waals surface area contributed by atoms with Crippen LogP contribution in [0.1, 0.15) is 24.2 Å². The Kier molecular flexibility index (Phi) is 5.36. The van der Waals surface area contributed by atoms with E-state index in [1.165, 1.54) is 17.8 Å². The van der Waals surface area contributed by atoms with Crippen LogP contribution in [0.25, 0.3) is 0 Å². The first-order valence-electron chi connectivity index (χ1n) is 8.11. The number of aromatic nitrogens is 4. The summed E-state index contributed by atoms with van der Waals surface area (Å²) in [7, 11) is 0. The van der Waals surface area contributed by atoms with E-state index in [-0.39, 0.29) is 17.3 Å². The molecular weight excluding hydrogens is 416 g/mol. The van der Waals surface area contributed by atoms with Gasteiger partial charge in [0.15, 0.2) is 0 Å². The highest BCUT2D eigenvalue weighted by atomic mass is 79.9. The molecule has 0 fully saturated rings. The maximum Gasteiger partial charge on any atom is 0.309 e.